The van der Waals surface area contributed by atoms with Crippen LogP contribution in [-0.4, -0.2) is 41.4 Å². The Bertz CT molecular complexity index is 763. The van der Waals surface area contributed by atoms with Crippen LogP contribution in [0.3, 0.4) is 0 Å². The van der Waals surface area contributed by atoms with Gasteiger partial charge in [-0.25, -0.2) is 18.2 Å². The smallest absolute Gasteiger partial charge is 0.361 e. The van der Waals surface area contributed by atoms with E-state index < -0.39 is 37.6 Å². The van der Waals surface area contributed by atoms with Gasteiger partial charge in [-0.2, -0.15) is 0 Å². The van der Waals surface area contributed by atoms with E-state index >= 15 is 0 Å². The molecular formula is C12H16N2O6S. The predicted molar refractivity (Wildman–Crippen MR) is 72.9 cm³/mol. The Morgan fingerprint density at radius 3 is 2.67 bits per heavy atom. The van der Waals surface area contributed by atoms with Gasteiger partial charge in [-0.1, -0.05) is 0 Å². The largest absolute Gasteiger partial charge is 0.501 e. The number of sulfone groups is 1. The summed E-state index contributed by atoms with van der Waals surface area (Å²) in [7, 11) is -3.51. The first-order valence-electron chi connectivity index (χ1n) is 6.37. The average molecular weight is 316 g/mol. The SMILES string of the molecule is CCOC(=O)c1nc2n(c(=O)c1O)CCS(=O)(=O)C2(C)C. The highest BCUT2D eigenvalue weighted by molar-refractivity contribution is 7.92. The normalized spacial score (nSPS) is 18.8. The molecule has 0 unspecified atom stereocenters. The minimum absolute atomic E-state index is 0.0417. The van der Waals surface area contributed by atoms with Crippen molar-refractivity contribution in [2.24, 2.45) is 0 Å². The first-order chi connectivity index (χ1) is 9.63. The molecule has 116 valence electrons. The van der Waals surface area contributed by atoms with Gasteiger partial charge in [0.15, 0.2) is 15.5 Å². The lowest BCUT2D eigenvalue weighted by Crippen LogP contribution is -2.46. The summed E-state index contributed by atoms with van der Waals surface area (Å²) in [6.45, 7) is 4.32. The number of ether oxygens (including phenoxy) is 1. The average Bonchev–Trinajstić information content (AvgIpc) is 2.38. The molecular weight excluding hydrogens is 300 g/mol. The molecule has 2 rings (SSSR count). The molecule has 0 saturated carbocycles. The van der Waals surface area contributed by atoms with E-state index in [0.29, 0.717) is 0 Å². The maximum Gasteiger partial charge on any atom is 0.361 e. The zero-order valence-electron chi connectivity index (χ0n) is 11.9. The van der Waals surface area contributed by atoms with Crippen LogP contribution in [0.2, 0.25) is 0 Å². The maximum absolute atomic E-state index is 12.1. The molecule has 1 aliphatic heterocycles. The summed E-state index contributed by atoms with van der Waals surface area (Å²) < 4.78 is 28.6. The fourth-order valence-electron chi connectivity index (χ4n) is 2.16. The van der Waals surface area contributed by atoms with Crippen LogP contribution < -0.4 is 5.56 Å². The van der Waals surface area contributed by atoms with Gasteiger partial charge in [0.2, 0.25) is 5.75 Å². The van der Waals surface area contributed by atoms with E-state index in [1.807, 2.05) is 0 Å². The molecule has 21 heavy (non-hydrogen) atoms. The molecule has 1 aromatic rings. The second-order valence-corrected chi connectivity index (χ2v) is 7.80. The number of carbonyl (C=O) groups excluding carboxylic acids is 1. The molecule has 0 atom stereocenters. The van der Waals surface area contributed by atoms with Crippen molar-refractivity contribution in [2.75, 3.05) is 12.4 Å². The number of rotatable bonds is 2. The molecule has 0 aliphatic carbocycles. The number of fused-ring (bicyclic) bond motifs is 1. The maximum atomic E-state index is 12.1. The molecule has 1 N–H and O–H groups in total. The van der Waals surface area contributed by atoms with Gasteiger partial charge in [-0.15, -0.1) is 0 Å². The van der Waals surface area contributed by atoms with Gasteiger partial charge in [0.05, 0.1) is 12.4 Å². The Labute approximate surface area is 121 Å². The van der Waals surface area contributed by atoms with Gasteiger partial charge in [0, 0.05) is 6.54 Å². The standard InChI is InChI=1S/C12H16N2O6S/c1-4-20-10(17)7-8(15)9(16)14-5-6-21(18,19)12(2,3)11(14)13-7/h15H,4-6H2,1-3H3. The molecule has 8 nitrogen and oxygen atoms in total. The van der Waals surface area contributed by atoms with Crippen LogP contribution in [0, 0.1) is 0 Å². The molecule has 1 aliphatic rings. The van der Waals surface area contributed by atoms with E-state index in [1.54, 1.807) is 6.92 Å². The molecule has 0 bridgehead atoms. The van der Waals surface area contributed by atoms with Crippen molar-refractivity contribution < 1.29 is 23.1 Å². The van der Waals surface area contributed by atoms with Crippen molar-refractivity contribution >= 4 is 15.8 Å². The van der Waals surface area contributed by atoms with Crippen LogP contribution in [0.25, 0.3) is 0 Å². The number of carbonyl (C=O) groups is 1. The first kappa shape index (κ1) is 15.5. The summed E-state index contributed by atoms with van der Waals surface area (Å²) in [4.78, 5) is 27.7. The molecule has 0 amide bonds. The van der Waals surface area contributed by atoms with Crippen LogP contribution in [0.1, 0.15) is 37.1 Å². The van der Waals surface area contributed by atoms with Gasteiger partial charge in [0.25, 0.3) is 5.56 Å². The predicted octanol–water partition coefficient (Wildman–Crippen LogP) is -0.211. The fourth-order valence-corrected chi connectivity index (χ4v) is 3.53. The van der Waals surface area contributed by atoms with Crippen molar-refractivity contribution in [3.8, 4) is 5.75 Å². The number of aromatic hydroxyl groups is 1. The summed E-state index contributed by atoms with van der Waals surface area (Å²) in [6.07, 6.45) is 0. The molecule has 0 spiro atoms. The van der Waals surface area contributed by atoms with Gasteiger partial charge in [-0.3, -0.25) is 9.36 Å². The Morgan fingerprint density at radius 1 is 1.48 bits per heavy atom. The van der Waals surface area contributed by atoms with Crippen molar-refractivity contribution in [1.29, 1.82) is 0 Å². The van der Waals surface area contributed by atoms with Crippen molar-refractivity contribution in [3.63, 3.8) is 0 Å². The van der Waals surface area contributed by atoms with Gasteiger partial charge < -0.3 is 9.84 Å². The van der Waals surface area contributed by atoms with Gasteiger partial charge >= 0.3 is 5.97 Å². The third-order valence-electron chi connectivity index (χ3n) is 3.51. The summed E-state index contributed by atoms with van der Waals surface area (Å²) in [5.41, 5.74) is -1.40. The van der Waals surface area contributed by atoms with Crippen LogP contribution in [0.15, 0.2) is 4.79 Å². The molecule has 0 aromatic carbocycles. The van der Waals surface area contributed by atoms with E-state index in [2.05, 4.69) is 4.98 Å². The minimum atomic E-state index is -3.51. The number of hydrogen-bond donors (Lipinski definition) is 1. The quantitative estimate of drug-likeness (QED) is 0.750. The Kier molecular flexibility index (Phi) is 3.56. The lowest BCUT2D eigenvalue weighted by molar-refractivity contribution is 0.0514. The fraction of sp³-hybridized carbons (Fsp3) is 0.583. The highest BCUT2D eigenvalue weighted by Gasteiger charge is 2.44. The third kappa shape index (κ3) is 2.21. The van der Waals surface area contributed by atoms with E-state index in [9.17, 15) is 23.1 Å². The van der Waals surface area contributed by atoms with E-state index in [1.165, 1.54) is 13.8 Å². The molecule has 9 heteroatoms. The van der Waals surface area contributed by atoms with Crippen molar-refractivity contribution in [3.05, 3.63) is 21.9 Å². The van der Waals surface area contributed by atoms with E-state index in [0.717, 1.165) is 4.57 Å². The summed E-state index contributed by atoms with van der Waals surface area (Å²) in [6, 6.07) is 0. The zero-order valence-corrected chi connectivity index (χ0v) is 12.7. The highest BCUT2D eigenvalue weighted by Crippen LogP contribution is 2.32. The molecule has 0 saturated heterocycles. The van der Waals surface area contributed by atoms with Crippen LogP contribution in [0.5, 0.6) is 5.75 Å². The second-order valence-electron chi connectivity index (χ2n) is 5.14. The van der Waals surface area contributed by atoms with Crippen molar-refractivity contribution in [2.45, 2.75) is 32.1 Å². The van der Waals surface area contributed by atoms with Crippen LogP contribution in [0.4, 0.5) is 0 Å². The lowest BCUT2D eigenvalue weighted by Gasteiger charge is -2.31. The van der Waals surface area contributed by atoms with Crippen LogP contribution >= 0.6 is 0 Å². The van der Waals surface area contributed by atoms with Crippen molar-refractivity contribution in [1.82, 2.24) is 9.55 Å². The second kappa shape index (κ2) is 4.83. The Hall–Kier alpha value is -1.90. The van der Waals surface area contributed by atoms with Gasteiger partial charge in [-0.05, 0) is 20.8 Å². The topological polar surface area (TPSA) is 116 Å². The minimum Gasteiger partial charge on any atom is -0.501 e. The molecule has 2 heterocycles. The van der Waals surface area contributed by atoms with Crippen LogP contribution in [-0.2, 0) is 25.9 Å². The number of nitrogens with zero attached hydrogens (tertiary/aromatic N) is 2. The zero-order chi connectivity index (χ0) is 16.0. The summed E-state index contributed by atoms with van der Waals surface area (Å²) in [5.74, 6) is -2.09. The van der Waals surface area contributed by atoms with Gasteiger partial charge in [0.1, 0.15) is 10.6 Å². The summed E-state index contributed by atoms with van der Waals surface area (Å²) in [5, 5.41) is 9.80. The molecule has 1 aromatic heterocycles. The first-order valence-corrected chi connectivity index (χ1v) is 8.02. The summed E-state index contributed by atoms with van der Waals surface area (Å²) >= 11 is 0. The number of aromatic nitrogens is 2. The van der Waals surface area contributed by atoms with E-state index in [-0.39, 0.29) is 24.7 Å². The van der Waals surface area contributed by atoms with E-state index in [4.69, 9.17) is 4.74 Å². The molecule has 0 fully saturated rings. The number of esters is 1. The Balaban J connectivity index is 2.76. The number of hydrogen-bond acceptors (Lipinski definition) is 7. The third-order valence-corrected chi connectivity index (χ3v) is 5.97. The monoisotopic (exact) mass is 316 g/mol. The molecule has 0 radical (unpaired) electrons. The lowest BCUT2D eigenvalue weighted by atomic mass is 10.1. The Morgan fingerprint density at radius 2 is 2.10 bits per heavy atom. The highest BCUT2D eigenvalue weighted by atomic mass is 32.2.